The van der Waals surface area contributed by atoms with Gasteiger partial charge in [-0.15, -0.1) is 0 Å². The molecular formula is C25H39BrO4. The summed E-state index contributed by atoms with van der Waals surface area (Å²) in [6, 6.07) is 0. The smallest absolute Gasteiger partial charge is 0.189 e. The fraction of sp³-hybridized carbons (Fsp3) is 0.680. The van der Waals surface area contributed by atoms with Crippen LogP contribution in [0.4, 0.5) is 0 Å². The van der Waals surface area contributed by atoms with Gasteiger partial charge in [-0.25, -0.2) is 0 Å². The van der Waals surface area contributed by atoms with E-state index in [1.165, 1.54) is 11.1 Å². The van der Waals surface area contributed by atoms with Gasteiger partial charge in [0.2, 0.25) is 0 Å². The predicted octanol–water partition coefficient (Wildman–Crippen LogP) is 6.92. The first-order valence-corrected chi connectivity index (χ1v) is 11.7. The maximum atomic E-state index is 6.79. The molecule has 0 radical (unpaired) electrons. The average Bonchev–Trinajstić information content (AvgIpc) is 2.67. The highest BCUT2D eigenvalue weighted by molar-refractivity contribution is 9.10. The molecule has 1 heterocycles. The minimum absolute atomic E-state index is 0.0633. The monoisotopic (exact) mass is 482 g/mol. The van der Waals surface area contributed by atoms with Crippen LogP contribution in [0.5, 0.6) is 11.5 Å². The molecule has 0 saturated heterocycles. The van der Waals surface area contributed by atoms with Crippen molar-refractivity contribution in [3.05, 3.63) is 32.8 Å². The Hall–Kier alpha value is -1.04. The molecule has 2 rings (SSSR count). The third kappa shape index (κ3) is 5.60. The second-order valence-electron chi connectivity index (χ2n) is 9.40. The Balaban J connectivity index is 2.23. The summed E-state index contributed by atoms with van der Waals surface area (Å²) in [5, 5.41) is 0. The summed E-state index contributed by atoms with van der Waals surface area (Å²) < 4.78 is 24.3. The normalized spacial score (nSPS) is 18.6. The third-order valence-electron chi connectivity index (χ3n) is 6.63. The number of hydrogen-bond donors (Lipinski definition) is 0. The van der Waals surface area contributed by atoms with Gasteiger partial charge < -0.3 is 18.9 Å². The van der Waals surface area contributed by atoms with Gasteiger partial charge in [0.15, 0.2) is 6.79 Å². The van der Waals surface area contributed by atoms with Crippen LogP contribution in [0.25, 0.3) is 0 Å². The predicted molar refractivity (Wildman–Crippen MR) is 127 cm³/mol. The highest BCUT2D eigenvalue weighted by atomic mass is 79.9. The fourth-order valence-corrected chi connectivity index (χ4v) is 4.70. The van der Waals surface area contributed by atoms with Crippen molar-refractivity contribution in [2.45, 2.75) is 79.8 Å². The number of hydrogen-bond acceptors (Lipinski definition) is 4. The van der Waals surface area contributed by atoms with Crippen LogP contribution >= 0.6 is 15.9 Å². The quantitative estimate of drug-likeness (QED) is 0.206. The molecule has 5 heteroatoms. The molecular weight excluding hydrogens is 444 g/mol. The summed E-state index contributed by atoms with van der Waals surface area (Å²) >= 11 is 3.79. The van der Waals surface area contributed by atoms with E-state index in [0.29, 0.717) is 13.2 Å². The number of allylic oxidation sites excluding steroid dienone is 2. The van der Waals surface area contributed by atoms with Crippen molar-refractivity contribution < 1.29 is 18.9 Å². The van der Waals surface area contributed by atoms with Crippen LogP contribution in [-0.4, -0.2) is 32.7 Å². The molecule has 1 aromatic rings. The van der Waals surface area contributed by atoms with Crippen LogP contribution in [-0.2, 0) is 15.9 Å². The van der Waals surface area contributed by atoms with E-state index in [1.807, 2.05) is 0 Å². The number of benzene rings is 1. The molecule has 1 aromatic carbocycles. The minimum Gasteiger partial charge on any atom is -0.486 e. The second kappa shape index (κ2) is 10.5. The van der Waals surface area contributed by atoms with Gasteiger partial charge in [-0.2, -0.15) is 0 Å². The van der Waals surface area contributed by atoms with Gasteiger partial charge in [0.1, 0.15) is 17.1 Å². The Bertz CT molecular complexity index is 765. The topological polar surface area (TPSA) is 36.9 Å². The van der Waals surface area contributed by atoms with Gasteiger partial charge in [0.05, 0.1) is 17.7 Å². The van der Waals surface area contributed by atoms with E-state index in [2.05, 4.69) is 70.5 Å². The molecule has 0 saturated carbocycles. The zero-order valence-corrected chi connectivity index (χ0v) is 21.6. The lowest BCUT2D eigenvalue weighted by atomic mass is 9.69. The Morgan fingerprint density at radius 1 is 1.20 bits per heavy atom. The molecule has 0 aromatic heterocycles. The molecule has 0 aliphatic carbocycles. The van der Waals surface area contributed by atoms with Crippen LogP contribution < -0.4 is 9.47 Å². The molecule has 1 atom stereocenters. The summed E-state index contributed by atoms with van der Waals surface area (Å²) in [6.07, 6.45) is 6.45. The lowest BCUT2D eigenvalue weighted by Gasteiger charge is -2.48. The Morgan fingerprint density at radius 2 is 1.90 bits per heavy atom. The standard InChI is InChI=1S/C25H39BrO4/c1-17(2)10-9-12-24(5,6)25(7)13-11-20-21(26)23(29-16-28-15-14-27-8)19(4)18(3)22(20)30-25/h10H,9,11-16H2,1-8H3. The summed E-state index contributed by atoms with van der Waals surface area (Å²) in [5.74, 6) is 1.86. The Labute approximate surface area is 191 Å². The van der Waals surface area contributed by atoms with E-state index in [-0.39, 0.29) is 17.8 Å². The summed E-state index contributed by atoms with van der Waals surface area (Å²) in [7, 11) is 1.66. The Morgan fingerprint density at radius 3 is 2.53 bits per heavy atom. The number of ether oxygens (including phenoxy) is 4. The maximum absolute atomic E-state index is 6.79. The van der Waals surface area contributed by atoms with Crippen molar-refractivity contribution in [1.82, 2.24) is 0 Å². The SMILES string of the molecule is COCCOCOc1c(C)c(C)c2c(c1Br)CCC(C)(C(C)(C)CCC=C(C)C)O2. The lowest BCUT2D eigenvalue weighted by Crippen LogP contribution is -2.49. The van der Waals surface area contributed by atoms with Crippen molar-refractivity contribution in [2.24, 2.45) is 5.41 Å². The summed E-state index contributed by atoms with van der Waals surface area (Å²) in [4.78, 5) is 0. The van der Waals surface area contributed by atoms with Crippen molar-refractivity contribution in [3.8, 4) is 11.5 Å². The van der Waals surface area contributed by atoms with E-state index < -0.39 is 0 Å². The molecule has 4 nitrogen and oxygen atoms in total. The molecule has 170 valence electrons. The first-order chi connectivity index (χ1) is 14.0. The number of halogens is 1. The largest absolute Gasteiger partial charge is 0.486 e. The lowest BCUT2D eigenvalue weighted by molar-refractivity contribution is -0.0482. The molecule has 1 unspecified atom stereocenters. The molecule has 1 aliphatic rings. The van der Waals surface area contributed by atoms with Crippen LogP contribution in [0.15, 0.2) is 16.1 Å². The molecule has 30 heavy (non-hydrogen) atoms. The Kier molecular flexibility index (Phi) is 8.84. The molecule has 0 N–H and O–H groups in total. The molecule has 0 bridgehead atoms. The third-order valence-corrected chi connectivity index (χ3v) is 7.47. The molecule has 0 amide bonds. The van der Waals surface area contributed by atoms with E-state index >= 15 is 0 Å². The van der Waals surface area contributed by atoms with Gasteiger partial charge in [0.25, 0.3) is 0 Å². The van der Waals surface area contributed by atoms with Gasteiger partial charge >= 0.3 is 0 Å². The van der Waals surface area contributed by atoms with Crippen molar-refractivity contribution in [1.29, 1.82) is 0 Å². The average molecular weight is 483 g/mol. The first-order valence-electron chi connectivity index (χ1n) is 10.9. The van der Waals surface area contributed by atoms with E-state index in [1.54, 1.807) is 7.11 Å². The van der Waals surface area contributed by atoms with Crippen molar-refractivity contribution >= 4 is 15.9 Å². The van der Waals surface area contributed by atoms with E-state index in [9.17, 15) is 0 Å². The zero-order chi connectivity index (χ0) is 22.5. The van der Waals surface area contributed by atoms with Gasteiger partial charge in [0, 0.05) is 18.1 Å². The van der Waals surface area contributed by atoms with Gasteiger partial charge in [-0.1, -0.05) is 25.5 Å². The van der Waals surface area contributed by atoms with Crippen LogP contribution in [0.2, 0.25) is 0 Å². The maximum Gasteiger partial charge on any atom is 0.189 e. The number of rotatable bonds is 10. The van der Waals surface area contributed by atoms with Crippen molar-refractivity contribution in [2.75, 3.05) is 27.1 Å². The van der Waals surface area contributed by atoms with Crippen LogP contribution in [0.3, 0.4) is 0 Å². The molecule has 1 aliphatic heterocycles. The molecule has 0 fully saturated rings. The minimum atomic E-state index is -0.211. The van der Waals surface area contributed by atoms with Gasteiger partial charge in [-0.05, 0) is 87.4 Å². The van der Waals surface area contributed by atoms with Crippen LogP contribution in [0, 0.1) is 19.3 Å². The second-order valence-corrected chi connectivity index (χ2v) is 10.2. The fourth-order valence-electron chi connectivity index (χ4n) is 3.91. The van der Waals surface area contributed by atoms with Gasteiger partial charge in [-0.3, -0.25) is 0 Å². The number of methoxy groups -OCH3 is 1. The highest BCUT2D eigenvalue weighted by Gasteiger charge is 2.46. The first kappa shape index (κ1) is 25.2. The summed E-state index contributed by atoms with van der Waals surface area (Å²) in [6.45, 7) is 16.8. The van der Waals surface area contributed by atoms with Crippen LogP contribution in [0.1, 0.15) is 70.6 Å². The zero-order valence-electron chi connectivity index (χ0n) is 20.0. The molecule has 0 spiro atoms. The summed E-state index contributed by atoms with van der Waals surface area (Å²) in [5.41, 5.74) is 4.65. The van der Waals surface area contributed by atoms with E-state index in [4.69, 9.17) is 18.9 Å². The van der Waals surface area contributed by atoms with E-state index in [0.717, 1.165) is 52.8 Å². The highest BCUT2D eigenvalue weighted by Crippen LogP contribution is 2.51. The number of fused-ring (bicyclic) bond motifs is 1. The van der Waals surface area contributed by atoms with Crippen molar-refractivity contribution in [3.63, 3.8) is 0 Å².